The van der Waals surface area contributed by atoms with Gasteiger partial charge in [-0.2, -0.15) is 0 Å². The van der Waals surface area contributed by atoms with Crippen LogP contribution in [-0.2, 0) is 0 Å². The van der Waals surface area contributed by atoms with E-state index in [0.29, 0.717) is 41.3 Å². The van der Waals surface area contributed by atoms with Crippen molar-refractivity contribution in [1.82, 2.24) is 15.3 Å². The van der Waals surface area contributed by atoms with Gasteiger partial charge < -0.3 is 19.6 Å². The van der Waals surface area contributed by atoms with E-state index < -0.39 is 5.97 Å². The summed E-state index contributed by atoms with van der Waals surface area (Å²) in [6.45, 7) is 6.44. The van der Waals surface area contributed by atoms with E-state index in [9.17, 15) is 14.7 Å². The molecule has 0 aliphatic heterocycles. The summed E-state index contributed by atoms with van der Waals surface area (Å²) in [5.41, 5.74) is 0.880. The zero-order valence-corrected chi connectivity index (χ0v) is 19.8. The average molecular weight is 470 g/mol. The Labute approximate surface area is 196 Å². The lowest BCUT2D eigenvalue weighted by Gasteiger charge is -2.23. The first-order valence-electron chi connectivity index (χ1n) is 10.9. The van der Waals surface area contributed by atoms with E-state index in [1.54, 1.807) is 32.2 Å². The molecule has 2 heterocycles. The van der Waals surface area contributed by atoms with Crippen LogP contribution in [0.2, 0.25) is 0 Å². The van der Waals surface area contributed by atoms with Crippen LogP contribution in [0.15, 0.2) is 34.1 Å². The molecule has 174 valence electrons. The van der Waals surface area contributed by atoms with Gasteiger partial charge in [-0.15, -0.1) is 11.3 Å². The summed E-state index contributed by atoms with van der Waals surface area (Å²) >= 11 is 1.47. The Balaban J connectivity index is 1.56. The van der Waals surface area contributed by atoms with E-state index in [1.165, 1.54) is 11.3 Å². The number of benzene rings is 1. The minimum absolute atomic E-state index is 0.00682. The fourth-order valence-electron chi connectivity index (χ4n) is 4.27. The smallest absolute Gasteiger partial charge is 0.358 e. The highest BCUT2D eigenvalue weighted by Crippen LogP contribution is 2.49. The number of carboxylic acid groups (broad SMARTS) is 1. The number of aromatic carboxylic acids is 1. The minimum Gasteiger partial charge on any atom is -0.496 e. The van der Waals surface area contributed by atoms with Crippen molar-refractivity contribution in [2.75, 3.05) is 13.7 Å². The predicted molar refractivity (Wildman–Crippen MR) is 124 cm³/mol. The van der Waals surface area contributed by atoms with Crippen LogP contribution in [-0.4, -0.2) is 40.6 Å². The summed E-state index contributed by atoms with van der Waals surface area (Å²) in [5.74, 6) is 1.19. The zero-order chi connectivity index (χ0) is 23.7. The van der Waals surface area contributed by atoms with Gasteiger partial charge in [0.2, 0.25) is 5.89 Å². The van der Waals surface area contributed by atoms with Gasteiger partial charge in [-0.25, -0.2) is 14.8 Å². The maximum Gasteiger partial charge on any atom is 0.358 e. The minimum atomic E-state index is -1.13. The molecule has 8 nitrogen and oxygen atoms in total. The van der Waals surface area contributed by atoms with Crippen molar-refractivity contribution >= 4 is 23.2 Å². The fourth-order valence-corrected chi connectivity index (χ4v) is 5.28. The lowest BCUT2D eigenvalue weighted by atomic mass is 9.89. The molecule has 33 heavy (non-hydrogen) atoms. The molecule has 1 aliphatic carbocycles. The summed E-state index contributed by atoms with van der Waals surface area (Å²) < 4.78 is 10.9. The van der Waals surface area contributed by atoms with Crippen LogP contribution in [0.5, 0.6) is 5.75 Å². The number of carbonyl (C=O) groups is 2. The SMILES string of the molecule is COc1ccccc1C(=O)NC[C@H](c1nc(-c2nc(C(=O)O)c(C)o2)cs1)C(C)[C@H]1C[C@H]1C. The van der Waals surface area contributed by atoms with E-state index in [0.717, 1.165) is 11.4 Å². The molecular formula is C24H27N3O5S. The zero-order valence-electron chi connectivity index (χ0n) is 19.0. The van der Waals surface area contributed by atoms with E-state index in [2.05, 4.69) is 24.1 Å². The number of hydrogen-bond donors (Lipinski definition) is 2. The van der Waals surface area contributed by atoms with Gasteiger partial charge in [0.25, 0.3) is 5.91 Å². The number of nitrogens with one attached hydrogen (secondary N) is 1. The standard InChI is InChI=1S/C24H27N3O5S/c1-12-9-16(12)13(2)17(10-25-21(28)15-7-5-6-8-19(15)31-4)23-26-18(11-33-23)22-27-20(24(29)30)14(3)32-22/h5-8,11-13,16-17H,9-10H2,1-4H3,(H,25,28)(H,29,30)/t12-,13?,16+,17+/m1/s1. The summed E-state index contributed by atoms with van der Waals surface area (Å²) in [4.78, 5) is 33.0. The fraction of sp³-hybridized carbons (Fsp3) is 0.417. The normalized spacial score (nSPS) is 19.0. The molecule has 1 saturated carbocycles. The average Bonchev–Trinajstić information content (AvgIpc) is 3.17. The number of methoxy groups -OCH3 is 1. The third-order valence-corrected chi connectivity index (χ3v) is 7.35. The largest absolute Gasteiger partial charge is 0.496 e. The molecule has 4 atom stereocenters. The van der Waals surface area contributed by atoms with Crippen LogP contribution in [0.3, 0.4) is 0 Å². The number of amides is 1. The second-order valence-electron chi connectivity index (χ2n) is 8.55. The Kier molecular flexibility index (Phi) is 6.51. The molecule has 1 aromatic carbocycles. The Bertz CT molecular complexity index is 1170. The highest BCUT2D eigenvalue weighted by Gasteiger charge is 2.42. The number of rotatable bonds is 9. The van der Waals surface area contributed by atoms with E-state index in [4.69, 9.17) is 14.1 Å². The first-order valence-corrected chi connectivity index (χ1v) is 11.8. The lowest BCUT2D eigenvalue weighted by Crippen LogP contribution is -2.31. The molecule has 1 unspecified atom stereocenters. The number of aryl methyl sites for hydroxylation is 1. The second kappa shape index (κ2) is 9.35. The molecule has 3 aromatic rings. The first kappa shape index (κ1) is 23.0. The van der Waals surface area contributed by atoms with E-state index >= 15 is 0 Å². The lowest BCUT2D eigenvalue weighted by molar-refractivity contribution is 0.0689. The number of ether oxygens (including phenoxy) is 1. The van der Waals surface area contributed by atoms with Gasteiger partial charge in [-0.3, -0.25) is 4.79 Å². The van der Waals surface area contributed by atoms with Crippen molar-refractivity contribution in [2.24, 2.45) is 17.8 Å². The highest BCUT2D eigenvalue weighted by molar-refractivity contribution is 7.10. The third kappa shape index (κ3) is 4.78. The van der Waals surface area contributed by atoms with Crippen LogP contribution in [0, 0.1) is 24.7 Å². The number of hydrogen-bond acceptors (Lipinski definition) is 7. The molecule has 0 spiro atoms. The summed E-state index contributed by atoms with van der Waals surface area (Å²) in [5, 5.41) is 15.0. The van der Waals surface area contributed by atoms with Crippen LogP contribution in [0.4, 0.5) is 0 Å². The number of carboxylic acids is 1. The van der Waals surface area contributed by atoms with Crippen molar-refractivity contribution in [1.29, 1.82) is 0 Å². The Morgan fingerprint density at radius 2 is 2.06 bits per heavy atom. The summed E-state index contributed by atoms with van der Waals surface area (Å²) in [6.07, 6.45) is 1.16. The molecular weight excluding hydrogens is 442 g/mol. The Hall–Kier alpha value is -3.20. The molecule has 0 bridgehead atoms. The maximum absolute atomic E-state index is 12.9. The van der Waals surface area contributed by atoms with Crippen molar-refractivity contribution in [3.05, 3.63) is 51.7 Å². The molecule has 2 N–H and O–H groups in total. The number of oxazole rings is 1. The monoisotopic (exact) mass is 469 g/mol. The topological polar surface area (TPSA) is 115 Å². The Morgan fingerprint density at radius 3 is 2.70 bits per heavy atom. The number of aromatic nitrogens is 2. The predicted octanol–water partition coefficient (Wildman–Crippen LogP) is 4.62. The van der Waals surface area contributed by atoms with Crippen LogP contribution in [0.25, 0.3) is 11.6 Å². The number of thiazole rings is 1. The van der Waals surface area contributed by atoms with Gasteiger partial charge in [0.15, 0.2) is 5.69 Å². The number of carbonyl (C=O) groups excluding carboxylic acids is 1. The molecule has 9 heteroatoms. The van der Waals surface area contributed by atoms with E-state index in [1.807, 2.05) is 11.4 Å². The molecule has 2 aromatic heterocycles. The third-order valence-electron chi connectivity index (χ3n) is 6.37. The van der Waals surface area contributed by atoms with Gasteiger partial charge >= 0.3 is 5.97 Å². The maximum atomic E-state index is 12.9. The van der Waals surface area contributed by atoms with E-state index in [-0.39, 0.29) is 29.2 Å². The summed E-state index contributed by atoms with van der Waals surface area (Å²) in [7, 11) is 1.54. The van der Waals surface area contributed by atoms with Crippen LogP contribution >= 0.6 is 11.3 Å². The summed E-state index contributed by atoms with van der Waals surface area (Å²) in [6, 6.07) is 7.13. The van der Waals surface area contributed by atoms with Crippen LogP contribution in [0.1, 0.15) is 57.8 Å². The molecule has 4 rings (SSSR count). The molecule has 1 aliphatic rings. The van der Waals surface area contributed by atoms with Crippen molar-refractivity contribution in [2.45, 2.75) is 33.1 Å². The number of para-hydroxylation sites is 1. The number of nitrogens with zero attached hydrogens (tertiary/aromatic N) is 2. The van der Waals surface area contributed by atoms with Crippen LogP contribution < -0.4 is 10.1 Å². The first-order chi connectivity index (χ1) is 15.8. The van der Waals surface area contributed by atoms with Crippen molar-refractivity contribution in [3.63, 3.8) is 0 Å². The quantitative estimate of drug-likeness (QED) is 0.470. The highest BCUT2D eigenvalue weighted by atomic mass is 32.1. The van der Waals surface area contributed by atoms with Gasteiger partial charge in [0.1, 0.15) is 17.2 Å². The van der Waals surface area contributed by atoms with Gasteiger partial charge in [0, 0.05) is 17.8 Å². The van der Waals surface area contributed by atoms with Gasteiger partial charge in [0.05, 0.1) is 17.7 Å². The molecule has 0 saturated heterocycles. The van der Waals surface area contributed by atoms with Crippen molar-refractivity contribution in [3.8, 4) is 17.3 Å². The van der Waals surface area contributed by atoms with Gasteiger partial charge in [-0.1, -0.05) is 26.0 Å². The molecule has 0 radical (unpaired) electrons. The Morgan fingerprint density at radius 1 is 1.33 bits per heavy atom. The second-order valence-corrected chi connectivity index (χ2v) is 9.44. The molecule has 1 amide bonds. The van der Waals surface area contributed by atoms with Gasteiger partial charge in [-0.05, 0) is 43.2 Å². The van der Waals surface area contributed by atoms with Crippen molar-refractivity contribution < 1.29 is 23.8 Å². The molecule has 1 fully saturated rings.